The van der Waals surface area contributed by atoms with E-state index in [1.165, 1.54) is 10.4 Å². The molecule has 1 aliphatic heterocycles. The Balaban J connectivity index is 1.49. The molecule has 0 bridgehead atoms. The zero-order valence-electron chi connectivity index (χ0n) is 18.5. The lowest BCUT2D eigenvalue weighted by atomic mass is 10.00. The van der Waals surface area contributed by atoms with Crippen LogP contribution in [0.25, 0.3) is 0 Å². The minimum Gasteiger partial charge on any atom is -0.491 e. The predicted molar refractivity (Wildman–Crippen MR) is 123 cm³/mol. The van der Waals surface area contributed by atoms with E-state index < -0.39 is 0 Å². The maximum Gasteiger partial charge on any atom is 0.242 e. The lowest BCUT2D eigenvalue weighted by molar-refractivity contribution is -0.146. The number of thiophene rings is 1. The molecule has 0 spiro atoms. The molecule has 2 heterocycles. The van der Waals surface area contributed by atoms with Gasteiger partial charge in [-0.3, -0.25) is 9.59 Å². The molecule has 1 aromatic heterocycles. The second kappa shape index (κ2) is 9.86. The summed E-state index contributed by atoms with van der Waals surface area (Å²) < 4.78 is 6.06. The predicted octanol–water partition coefficient (Wildman–Crippen LogP) is 4.68. The molecule has 0 radical (unpaired) electrons. The fourth-order valence-electron chi connectivity index (χ4n) is 4.73. The second-order valence-corrected chi connectivity index (χ2v) is 9.82. The molecule has 2 amide bonds. The second-order valence-electron chi connectivity index (χ2n) is 8.82. The van der Waals surface area contributed by atoms with Gasteiger partial charge >= 0.3 is 0 Å². The molecule has 6 heteroatoms. The van der Waals surface area contributed by atoms with Crippen molar-refractivity contribution in [2.24, 2.45) is 5.92 Å². The van der Waals surface area contributed by atoms with Gasteiger partial charge in [-0.25, -0.2) is 0 Å². The summed E-state index contributed by atoms with van der Waals surface area (Å²) in [5.41, 5.74) is 1.18. The summed E-state index contributed by atoms with van der Waals surface area (Å²) in [4.78, 5) is 31.6. The number of rotatable bonds is 7. The van der Waals surface area contributed by atoms with Gasteiger partial charge in [-0.1, -0.05) is 31.0 Å². The Bertz CT molecular complexity index is 889. The van der Waals surface area contributed by atoms with E-state index >= 15 is 0 Å². The molecule has 4 rings (SSSR count). The van der Waals surface area contributed by atoms with Crippen molar-refractivity contribution in [2.45, 2.75) is 58.0 Å². The van der Waals surface area contributed by atoms with Crippen molar-refractivity contribution in [3.8, 4) is 5.75 Å². The minimum atomic E-state index is -0.127. The SMILES string of the molecule is CC(C)N(CC(=O)N1CCc2sccc2[C@@H]1COc1ccccc1)C(=O)C1CCCC1. The summed E-state index contributed by atoms with van der Waals surface area (Å²) in [6.07, 6.45) is 4.99. The van der Waals surface area contributed by atoms with E-state index in [9.17, 15) is 9.59 Å². The normalized spacial score (nSPS) is 18.8. The van der Waals surface area contributed by atoms with Crippen molar-refractivity contribution in [1.82, 2.24) is 9.80 Å². The molecule has 1 atom stereocenters. The molecule has 5 nitrogen and oxygen atoms in total. The van der Waals surface area contributed by atoms with Crippen molar-refractivity contribution in [3.63, 3.8) is 0 Å². The quantitative estimate of drug-likeness (QED) is 0.628. The molecule has 0 unspecified atom stereocenters. The van der Waals surface area contributed by atoms with E-state index in [0.717, 1.165) is 37.9 Å². The Morgan fingerprint density at radius 1 is 1.16 bits per heavy atom. The van der Waals surface area contributed by atoms with E-state index in [1.54, 1.807) is 16.2 Å². The Kier molecular flexibility index (Phi) is 6.96. The lowest BCUT2D eigenvalue weighted by Gasteiger charge is -2.38. The fraction of sp³-hybridized carbons (Fsp3) is 0.520. The molecular formula is C25H32N2O3S. The van der Waals surface area contributed by atoms with Crippen LogP contribution in [-0.4, -0.2) is 47.4 Å². The van der Waals surface area contributed by atoms with Crippen LogP contribution in [0.2, 0.25) is 0 Å². The van der Waals surface area contributed by atoms with Gasteiger partial charge in [0.25, 0.3) is 0 Å². The van der Waals surface area contributed by atoms with Crippen LogP contribution in [0.3, 0.4) is 0 Å². The number of hydrogen-bond acceptors (Lipinski definition) is 4. The molecular weight excluding hydrogens is 408 g/mol. The third-order valence-corrected chi connectivity index (χ3v) is 7.48. The van der Waals surface area contributed by atoms with Gasteiger partial charge in [0.1, 0.15) is 18.9 Å². The fourth-order valence-corrected chi connectivity index (χ4v) is 5.65. The van der Waals surface area contributed by atoms with E-state index in [-0.39, 0.29) is 36.4 Å². The number of para-hydroxylation sites is 1. The molecule has 166 valence electrons. The number of nitrogens with zero attached hydrogens (tertiary/aromatic N) is 2. The number of benzene rings is 1. The van der Waals surface area contributed by atoms with Gasteiger partial charge in [0.15, 0.2) is 0 Å². The summed E-state index contributed by atoms with van der Waals surface area (Å²) in [6, 6.07) is 11.7. The highest BCUT2D eigenvalue weighted by molar-refractivity contribution is 7.10. The lowest BCUT2D eigenvalue weighted by Crippen LogP contribution is -2.50. The molecule has 2 aromatic rings. The zero-order valence-corrected chi connectivity index (χ0v) is 19.3. The Morgan fingerprint density at radius 3 is 2.61 bits per heavy atom. The summed E-state index contributed by atoms with van der Waals surface area (Å²) in [6.45, 7) is 5.23. The van der Waals surface area contributed by atoms with Gasteiger partial charge in [0, 0.05) is 23.4 Å². The molecule has 1 saturated carbocycles. The first kappa shape index (κ1) is 21.9. The molecule has 0 saturated heterocycles. The van der Waals surface area contributed by atoms with Gasteiger partial charge in [0.2, 0.25) is 11.8 Å². The van der Waals surface area contributed by atoms with Crippen LogP contribution in [0.15, 0.2) is 41.8 Å². The van der Waals surface area contributed by atoms with Crippen molar-refractivity contribution in [1.29, 1.82) is 0 Å². The third kappa shape index (κ3) is 4.95. The summed E-state index contributed by atoms with van der Waals surface area (Å²) in [7, 11) is 0. The number of amides is 2. The van der Waals surface area contributed by atoms with Gasteiger partial charge < -0.3 is 14.5 Å². The zero-order chi connectivity index (χ0) is 21.8. The molecule has 0 N–H and O–H groups in total. The Morgan fingerprint density at radius 2 is 1.90 bits per heavy atom. The Labute approximate surface area is 189 Å². The monoisotopic (exact) mass is 440 g/mol. The average Bonchev–Trinajstić information content (AvgIpc) is 3.47. The van der Waals surface area contributed by atoms with E-state index in [1.807, 2.05) is 49.1 Å². The molecule has 1 aromatic carbocycles. The summed E-state index contributed by atoms with van der Waals surface area (Å²) in [5.74, 6) is 1.04. The highest BCUT2D eigenvalue weighted by Crippen LogP contribution is 2.34. The van der Waals surface area contributed by atoms with Crippen molar-refractivity contribution in [3.05, 3.63) is 52.2 Å². The number of carbonyl (C=O) groups is 2. The first-order valence-corrected chi connectivity index (χ1v) is 12.3. The first-order chi connectivity index (χ1) is 15.0. The van der Waals surface area contributed by atoms with Gasteiger partial charge in [0.05, 0.1) is 6.04 Å². The van der Waals surface area contributed by atoms with Crippen LogP contribution >= 0.6 is 11.3 Å². The van der Waals surface area contributed by atoms with E-state index in [0.29, 0.717) is 13.2 Å². The number of ether oxygens (including phenoxy) is 1. The van der Waals surface area contributed by atoms with E-state index in [2.05, 4.69) is 11.4 Å². The first-order valence-electron chi connectivity index (χ1n) is 11.4. The average molecular weight is 441 g/mol. The highest BCUT2D eigenvalue weighted by Gasteiger charge is 2.35. The van der Waals surface area contributed by atoms with Gasteiger partial charge in [-0.05, 0) is 62.3 Å². The molecule has 1 aliphatic carbocycles. The number of carbonyl (C=O) groups excluding carboxylic acids is 2. The van der Waals surface area contributed by atoms with Crippen LogP contribution in [0.4, 0.5) is 0 Å². The standard InChI is InChI=1S/C25H32N2O3S/c1-18(2)27(25(29)19-8-6-7-9-19)16-24(28)26-14-12-23-21(13-15-31-23)22(26)17-30-20-10-4-3-5-11-20/h3-5,10-11,13,15,18-19,22H,6-9,12,14,16-17H2,1-2H3/t22-/m0/s1. The van der Waals surface area contributed by atoms with Crippen LogP contribution in [0.5, 0.6) is 5.75 Å². The van der Waals surface area contributed by atoms with Crippen LogP contribution < -0.4 is 4.74 Å². The molecule has 2 aliphatic rings. The van der Waals surface area contributed by atoms with Crippen LogP contribution in [0, 0.1) is 5.92 Å². The van der Waals surface area contributed by atoms with Crippen molar-refractivity contribution < 1.29 is 14.3 Å². The third-order valence-electron chi connectivity index (χ3n) is 6.48. The maximum absolute atomic E-state index is 13.5. The van der Waals surface area contributed by atoms with Crippen LogP contribution in [-0.2, 0) is 16.0 Å². The van der Waals surface area contributed by atoms with Crippen LogP contribution in [0.1, 0.15) is 56.0 Å². The largest absolute Gasteiger partial charge is 0.491 e. The smallest absolute Gasteiger partial charge is 0.242 e. The van der Waals surface area contributed by atoms with Gasteiger partial charge in [-0.15, -0.1) is 11.3 Å². The van der Waals surface area contributed by atoms with Gasteiger partial charge in [-0.2, -0.15) is 0 Å². The van der Waals surface area contributed by atoms with Crippen molar-refractivity contribution >= 4 is 23.2 Å². The summed E-state index contributed by atoms with van der Waals surface area (Å²) in [5, 5.41) is 2.10. The number of fused-ring (bicyclic) bond motifs is 1. The number of hydrogen-bond donors (Lipinski definition) is 0. The maximum atomic E-state index is 13.5. The molecule has 1 fully saturated rings. The van der Waals surface area contributed by atoms with Crippen molar-refractivity contribution in [2.75, 3.05) is 19.7 Å². The minimum absolute atomic E-state index is 0.0116. The summed E-state index contributed by atoms with van der Waals surface area (Å²) >= 11 is 1.75. The highest BCUT2D eigenvalue weighted by atomic mass is 32.1. The Hall–Kier alpha value is -2.34. The molecule has 31 heavy (non-hydrogen) atoms. The topological polar surface area (TPSA) is 49.9 Å². The van der Waals surface area contributed by atoms with E-state index in [4.69, 9.17) is 4.74 Å².